The summed E-state index contributed by atoms with van der Waals surface area (Å²) in [5.74, 6) is -0.287. The van der Waals surface area contributed by atoms with Gasteiger partial charge in [0.05, 0.1) is 30.7 Å². The minimum absolute atomic E-state index is 0.0675. The van der Waals surface area contributed by atoms with E-state index in [1.54, 1.807) is 16.6 Å². The molecule has 1 saturated heterocycles. The van der Waals surface area contributed by atoms with Crippen molar-refractivity contribution < 1.29 is 19.5 Å². The first-order valence-corrected chi connectivity index (χ1v) is 16.9. The summed E-state index contributed by atoms with van der Waals surface area (Å²) in [5.41, 5.74) is 7.98. The number of aryl methyl sites for hydroxylation is 1. The maximum Gasteiger partial charge on any atom is 0.281 e. The Kier molecular flexibility index (Phi) is 11.6. The quantitative estimate of drug-likeness (QED) is 0.139. The predicted octanol–water partition coefficient (Wildman–Crippen LogP) is 2.21. The molecule has 1 fully saturated rings. The van der Waals surface area contributed by atoms with Gasteiger partial charge in [-0.3, -0.25) is 28.4 Å². The predicted molar refractivity (Wildman–Crippen MR) is 186 cm³/mol. The summed E-state index contributed by atoms with van der Waals surface area (Å²) in [6, 6.07) is 17.7. The Morgan fingerprint density at radius 1 is 1.02 bits per heavy atom. The van der Waals surface area contributed by atoms with Crippen molar-refractivity contribution in [1.82, 2.24) is 34.9 Å². The fourth-order valence-corrected chi connectivity index (χ4v) is 6.28. The standard InChI is InChI=1S/C36H46N8O5/c1-25(27-8-4-3-5-9-27)20-31(47)43-18-15-36(49,16-19-43)23-44-24-40-32-33(35(44)48)41-42(2)34(32)28-13-11-26(12-14-28)21-38-22-30(46)39-17-7-6-10-29(37)45/h3-5,8-9,11-14,24-25,38,49H,6-7,10,15-23H2,1-2H3,(H2,37,45)(H,39,46). The van der Waals surface area contributed by atoms with Gasteiger partial charge in [-0.25, -0.2) is 4.98 Å². The average Bonchev–Trinajstić information content (AvgIpc) is 3.43. The van der Waals surface area contributed by atoms with Crippen LogP contribution in [0.4, 0.5) is 0 Å². The van der Waals surface area contributed by atoms with Crippen molar-refractivity contribution in [2.45, 2.75) is 70.1 Å². The first-order valence-electron chi connectivity index (χ1n) is 16.9. The Morgan fingerprint density at radius 3 is 2.43 bits per heavy atom. The summed E-state index contributed by atoms with van der Waals surface area (Å²) in [6.07, 6.45) is 4.26. The van der Waals surface area contributed by atoms with Gasteiger partial charge in [-0.1, -0.05) is 61.5 Å². The van der Waals surface area contributed by atoms with Crippen LogP contribution in [0, 0.1) is 0 Å². The third kappa shape index (κ3) is 9.18. The highest BCUT2D eigenvalue weighted by Gasteiger charge is 2.35. The number of nitrogens with zero attached hydrogens (tertiary/aromatic N) is 5. The van der Waals surface area contributed by atoms with Crippen LogP contribution in [-0.4, -0.2) is 78.8 Å². The SMILES string of the molecule is CC(CC(=O)N1CCC(O)(Cn2cnc3c(-c4ccc(CNCC(=O)NCCCCC(N)=O)cc4)n(C)nc3c2=O)CC1)c1ccccc1. The van der Waals surface area contributed by atoms with E-state index in [0.717, 1.165) is 16.7 Å². The second-order valence-electron chi connectivity index (χ2n) is 13.0. The van der Waals surface area contributed by atoms with Crippen molar-refractivity contribution in [2.75, 3.05) is 26.2 Å². The molecular weight excluding hydrogens is 624 g/mol. The minimum Gasteiger partial charge on any atom is -0.388 e. The number of piperidine rings is 1. The number of likely N-dealkylation sites (tertiary alicyclic amines) is 1. The number of fused-ring (bicyclic) bond motifs is 1. The van der Waals surface area contributed by atoms with E-state index in [9.17, 15) is 24.3 Å². The normalized spacial score (nSPS) is 14.9. The number of hydrogen-bond donors (Lipinski definition) is 4. The molecule has 0 spiro atoms. The number of aliphatic hydroxyl groups is 1. The molecule has 3 amide bonds. The topological polar surface area (TPSA) is 177 Å². The van der Waals surface area contributed by atoms with Crippen molar-refractivity contribution >= 4 is 28.8 Å². The molecular formula is C36H46N8O5. The molecule has 49 heavy (non-hydrogen) atoms. The van der Waals surface area contributed by atoms with Crippen LogP contribution in [0.25, 0.3) is 22.3 Å². The Morgan fingerprint density at radius 2 is 1.73 bits per heavy atom. The Balaban J connectivity index is 1.15. The minimum atomic E-state index is -1.14. The van der Waals surface area contributed by atoms with E-state index in [0.29, 0.717) is 75.9 Å². The number of aromatic nitrogens is 4. The van der Waals surface area contributed by atoms with Gasteiger partial charge in [0.2, 0.25) is 17.7 Å². The van der Waals surface area contributed by atoms with Gasteiger partial charge in [0.25, 0.3) is 5.56 Å². The zero-order chi connectivity index (χ0) is 35.0. The van der Waals surface area contributed by atoms with Gasteiger partial charge < -0.3 is 26.4 Å². The Hall–Kier alpha value is -4.88. The number of primary amides is 1. The number of carbonyl (C=O) groups excluding carboxylic acids is 3. The van der Waals surface area contributed by atoms with E-state index in [4.69, 9.17) is 5.73 Å². The van der Waals surface area contributed by atoms with Crippen molar-refractivity contribution in [3.8, 4) is 11.3 Å². The van der Waals surface area contributed by atoms with Gasteiger partial charge in [0.1, 0.15) is 5.52 Å². The van der Waals surface area contributed by atoms with Crippen molar-refractivity contribution in [1.29, 1.82) is 0 Å². The molecule has 0 aliphatic carbocycles. The smallest absolute Gasteiger partial charge is 0.281 e. The lowest BCUT2D eigenvalue weighted by atomic mass is 9.90. The molecule has 1 unspecified atom stereocenters. The number of nitrogens with one attached hydrogen (secondary N) is 2. The second kappa shape index (κ2) is 16.0. The van der Waals surface area contributed by atoms with Gasteiger partial charge >= 0.3 is 0 Å². The highest BCUT2D eigenvalue weighted by molar-refractivity contribution is 5.89. The lowest BCUT2D eigenvalue weighted by Crippen LogP contribution is -2.49. The second-order valence-corrected chi connectivity index (χ2v) is 13.0. The fourth-order valence-electron chi connectivity index (χ4n) is 6.28. The molecule has 1 aliphatic heterocycles. The molecule has 1 aliphatic rings. The third-order valence-corrected chi connectivity index (χ3v) is 9.19. The summed E-state index contributed by atoms with van der Waals surface area (Å²) < 4.78 is 3.06. The van der Waals surface area contributed by atoms with Crippen LogP contribution >= 0.6 is 0 Å². The summed E-state index contributed by atoms with van der Waals surface area (Å²) in [6.45, 7) is 4.12. The Bertz CT molecular complexity index is 1810. The highest BCUT2D eigenvalue weighted by Crippen LogP contribution is 2.28. The van der Waals surface area contributed by atoms with Crippen LogP contribution in [0.1, 0.15) is 62.5 Å². The molecule has 13 nitrogen and oxygen atoms in total. The van der Waals surface area contributed by atoms with Gasteiger partial charge in [-0.2, -0.15) is 5.10 Å². The van der Waals surface area contributed by atoms with Gasteiger partial charge in [-0.05, 0) is 42.7 Å². The number of rotatable bonds is 15. The van der Waals surface area contributed by atoms with Crippen molar-refractivity contribution in [2.24, 2.45) is 12.8 Å². The molecule has 4 aromatic rings. The maximum atomic E-state index is 13.5. The lowest BCUT2D eigenvalue weighted by Gasteiger charge is -2.38. The molecule has 0 bridgehead atoms. The lowest BCUT2D eigenvalue weighted by molar-refractivity contribution is -0.136. The molecule has 3 heterocycles. The molecule has 5 N–H and O–H groups in total. The van der Waals surface area contributed by atoms with Gasteiger partial charge in [0.15, 0.2) is 5.52 Å². The van der Waals surface area contributed by atoms with Crippen LogP contribution < -0.4 is 21.9 Å². The summed E-state index contributed by atoms with van der Waals surface area (Å²) >= 11 is 0. The zero-order valence-electron chi connectivity index (χ0n) is 28.2. The summed E-state index contributed by atoms with van der Waals surface area (Å²) in [7, 11) is 1.77. The third-order valence-electron chi connectivity index (χ3n) is 9.19. The number of nitrogens with two attached hydrogens (primary N) is 1. The van der Waals surface area contributed by atoms with Crippen LogP contribution in [-0.2, 0) is 34.5 Å². The monoisotopic (exact) mass is 670 g/mol. The molecule has 1 atom stereocenters. The molecule has 0 radical (unpaired) electrons. The number of hydrogen-bond acceptors (Lipinski definition) is 8. The average molecular weight is 671 g/mol. The molecule has 2 aromatic carbocycles. The van der Waals surface area contributed by atoms with E-state index in [1.165, 1.54) is 10.9 Å². The molecule has 0 saturated carbocycles. The number of amides is 3. The van der Waals surface area contributed by atoms with E-state index in [2.05, 4.69) is 20.7 Å². The van der Waals surface area contributed by atoms with E-state index >= 15 is 0 Å². The first kappa shape index (κ1) is 35.4. The van der Waals surface area contributed by atoms with Crippen molar-refractivity contribution in [3.63, 3.8) is 0 Å². The maximum absolute atomic E-state index is 13.5. The van der Waals surface area contributed by atoms with Crippen molar-refractivity contribution in [3.05, 3.63) is 82.4 Å². The first-order chi connectivity index (χ1) is 23.5. The number of unbranched alkanes of at least 4 members (excludes halogenated alkanes) is 1. The van der Waals surface area contributed by atoms with Crippen LogP contribution in [0.15, 0.2) is 65.7 Å². The molecule has 260 valence electrons. The molecule has 13 heteroatoms. The van der Waals surface area contributed by atoms with E-state index in [1.807, 2.05) is 61.5 Å². The Labute approximate surface area is 285 Å². The van der Waals surface area contributed by atoms with Crippen LogP contribution in [0.5, 0.6) is 0 Å². The fraction of sp³-hybridized carbons (Fsp3) is 0.444. The number of carbonyl (C=O) groups is 3. The largest absolute Gasteiger partial charge is 0.388 e. The van der Waals surface area contributed by atoms with E-state index < -0.39 is 5.60 Å². The summed E-state index contributed by atoms with van der Waals surface area (Å²) in [5, 5.41) is 21.9. The number of benzene rings is 2. The summed E-state index contributed by atoms with van der Waals surface area (Å²) in [4.78, 5) is 55.8. The van der Waals surface area contributed by atoms with Crippen LogP contribution in [0.3, 0.4) is 0 Å². The highest BCUT2D eigenvalue weighted by atomic mass is 16.3. The van der Waals surface area contributed by atoms with Gasteiger partial charge in [0, 0.05) is 51.6 Å². The molecule has 2 aromatic heterocycles. The van der Waals surface area contributed by atoms with Crippen LogP contribution in [0.2, 0.25) is 0 Å². The van der Waals surface area contributed by atoms with Gasteiger partial charge in [-0.15, -0.1) is 0 Å². The zero-order valence-corrected chi connectivity index (χ0v) is 28.2. The van der Waals surface area contributed by atoms with E-state index in [-0.39, 0.29) is 47.8 Å². The molecule has 5 rings (SSSR count).